The fourth-order valence-electron chi connectivity index (χ4n) is 2.38. The number of carbonyl (C=O) groups excluding carboxylic acids is 2. The van der Waals surface area contributed by atoms with Gasteiger partial charge < -0.3 is 19.8 Å². The van der Waals surface area contributed by atoms with Crippen LogP contribution in [0.3, 0.4) is 0 Å². The van der Waals surface area contributed by atoms with Crippen LogP contribution < -0.4 is 4.74 Å². The Kier molecular flexibility index (Phi) is 4.82. The zero-order valence-corrected chi connectivity index (χ0v) is 14.0. The summed E-state index contributed by atoms with van der Waals surface area (Å²) in [6, 6.07) is 6.58. The normalized spacial score (nSPS) is 10.5. The lowest BCUT2D eigenvalue weighted by Gasteiger charge is -2.17. The molecule has 0 fully saturated rings. The first-order chi connectivity index (χ1) is 11.3. The Morgan fingerprint density at radius 3 is 2.12 bits per heavy atom. The minimum Gasteiger partial charge on any atom is -0.503 e. The van der Waals surface area contributed by atoms with Gasteiger partial charge in [0.15, 0.2) is 23.0 Å². The molecule has 0 saturated carbocycles. The maximum atomic E-state index is 12.6. The van der Waals surface area contributed by atoms with Crippen LogP contribution in [0.4, 0.5) is 0 Å². The predicted octanol–water partition coefficient (Wildman–Crippen LogP) is 2.19. The van der Waals surface area contributed by atoms with E-state index in [1.807, 2.05) is 0 Å². The van der Waals surface area contributed by atoms with Gasteiger partial charge in [-0.25, -0.2) is 0 Å². The molecular weight excluding hydrogens is 312 g/mol. The number of aromatic hydroxyl groups is 2. The Morgan fingerprint density at radius 1 is 1.12 bits per heavy atom. The summed E-state index contributed by atoms with van der Waals surface area (Å²) in [5.74, 6) is -1.60. The highest BCUT2D eigenvalue weighted by atomic mass is 16.5. The summed E-state index contributed by atoms with van der Waals surface area (Å²) in [6.07, 6.45) is 0. The average Bonchev–Trinajstić information content (AvgIpc) is 2.85. The van der Waals surface area contributed by atoms with Crippen molar-refractivity contribution in [2.24, 2.45) is 0 Å². The number of nitrogens with zero attached hydrogens (tertiary/aromatic N) is 2. The van der Waals surface area contributed by atoms with Gasteiger partial charge in [-0.05, 0) is 31.2 Å². The first-order valence-electron chi connectivity index (χ1n) is 7.40. The molecule has 0 saturated heterocycles. The van der Waals surface area contributed by atoms with Gasteiger partial charge >= 0.3 is 0 Å². The molecule has 0 atom stereocenters. The molecule has 0 aliphatic heterocycles. The molecule has 0 bridgehead atoms. The minimum atomic E-state index is -0.610. The van der Waals surface area contributed by atoms with E-state index in [1.54, 1.807) is 38.2 Å². The van der Waals surface area contributed by atoms with Gasteiger partial charge in [0.25, 0.3) is 5.91 Å². The molecule has 2 N–H and O–H groups in total. The van der Waals surface area contributed by atoms with Crippen molar-refractivity contribution in [3.8, 4) is 22.9 Å². The van der Waals surface area contributed by atoms with Gasteiger partial charge in [0, 0.05) is 26.2 Å². The Hall–Kier alpha value is -2.96. The Labute approximate surface area is 139 Å². The van der Waals surface area contributed by atoms with E-state index in [-0.39, 0.29) is 11.4 Å². The van der Waals surface area contributed by atoms with E-state index >= 15 is 0 Å². The van der Waals surface area contributed by atoms with Gasteiger partial charge in [-0.3, -0.25) is 14.2 Å². The van der Waals surface area contributed by atoms with Crippen molar-refractivity contribution >= 4 is 11.7 Å². The fraction of sp³-hybridized carbons (Fsp3) is 0.294. The van der Waals surface area contributed by atoms with Crippen molar-refractivity contribution in [2.45, 2.75) is 13.8 Å². The summed E-state index contributed by atoms with van der Waals surface area (Å²) in [5.41, 5.74) is 0.141. The summed E-state index contributed by atoms with van der Waals surface area (Å²) >= 11 is 0. The average molecular weight is 332 g/mol. The molecule has 7 nitrogen and oxygen atoms in total. The summed E-state index contributed by atoms with van der Waals surface area (Å²) < 4.78 is 6.36. The molecule has 0 aliphatic rings. The lowest BCUT2D eigenvalue weighted by Crippen LogP contribution is -2.28. The number of carbonyl (C=O) groups is 2. The quantitative estimate of drug-likeness (QED) is 0.819. The molecule has 7 heteroatoms. The van der Waals surface area contributed by atoms with E-state index in [4.69, 9.17) is 4.74 Å². The molecule has 0 radical (unpaired) electrons. The van der Waals surface area contributed by atoms with E-state index < -0.39 is 23.2 Å². The SMILES string of the molecule is CCN(C)C(=O)c1c(O)c(O)c(C(C)=O)n1-c1ccc(OC)cc1. The smallest absolute Gasteiger partial charge is 0.274 e. The Morgan fingerprint density at radius 2 is 1.67 bits per heavy atom. The number of hydrogen-bond acceptors (Lipinski definition) is 5. The highest BCUT2D eigenvalue weighted by Crippen LogP contribution is 2.39. The Balaban J connectivity index is 2.77. The van der Waals surface area contributed by atoms with Crippen molar-refractivity contribution in [1.29, 1.82) is 0 Å². The summed E-state index contributed by atoms with van der Waals surface area (Å²) in [5, 5.41) is 20.4. The summed E-state index contributed by atoms with van der Waals surface area (Å²) in [4.78, 5) is 25.9. The van der Waals surface area contributed by atoms with Gasteiger partial charge in [0.2, 0.25) is 0 Å². The number of ether oxygens (including phenoxy) is 1. The van der Waals surface area contributed by atoms with Crippen molar-refractivity contribution in [1.82, 2.24) is 9.47 Å². The number of rotatable bonds is 5. The number of hydrogen-bond donors (Lipinski definition) is 2. The van der Waals surface area contributed by atoms with E-state index in [2.05, 4.69) is 0 Å². The largest absolute Gasteiger partial charge is 0.503 e. The van der Waals surface area contributed by atoms with Crippen molar-refractivity contribution in [3.05, 3.63) is 35.7 Å². The predicted molar refractivity (Wildman–Crippen MR) is 88.3 cm³/mol. The minimum absolute atomic E-state index is 0.148. The highest BCUT2D eigenvalue weighted by Gasteiger charge is 2.31. The third kappa shape index (κ3) is 2.80. The van der Waals surface area contributed by atoms with Crippen LogP contribution in [0.25, 0.3) is 5.69 Å². The molecule has 2 aromatic rings. The molecule has 1 aromatic carbocycles. The zero-order chi connectivity index (χ0) is 18.0. The second kappa shape index (κ2) is 6.66. The number of amides is 1. The number of benzene rings is 1. The molecule has 0 unspecified atom stereocenters. The molecule has 0 spiro atoms. The van der Waals surface area contributed by atoms with Crippen LogP contribution in [0.15, 0.2) is 24.3 Å². The van der Waals surface area contributed by atoms with Gasteiger partial charge in [-0.15, -0.1) is 0 Å². The Bertz CT molecular complexity index is 777. The van der Waals surface area contributed by atoms with Crippen molar-refractivity contribution in [3.63, 3.8) is 0 Å². The van der Waals surface area contributed by atoms with Crippen LogP contribution in [0.1, 0.15) is 34.8 Å². The second-order valence-corrected chi connectivity index (χ2v) is 5.30. The first-order valence-corrected chi connectivity index (χ1v) is 7.40. The number of aromatic nitrogens is 1. The topological polar surface area (TPSA) is 92.0 Å². The van der Waals surface area contributed by atoms with Crippen LogP contribution in [-0.4, -0.2) is 52.1 Å². The van der Waals surface area contributed by atoms with Crippen LogP contribution in [0, 0.1) is 0 Å². The maximum Gasteiger partial charge on any atom is 0.274 e. The van der Waals surface area contributed by atoms with Crippen LogP contribution in [0.5, 0.6) is 17.2 Å². The van der Waals surface area contributed by atoms with Crippen molar-refractivity contribution < 1.29 is 24.5 Å². The van der Waals surface area contributed by atoms with Gasteiger partial charge in [0.1, 0.15) is 11.4 Å². The summed E-state index contributed by atoms with van der Waals surface area (Å²) in [7, 11) is 3.09. The molecule has 1 amide bonds. The van der Waals surface area contributed by atoms with Gasteiger partial charge in [-0.2, -0.15) is 0 Å². The second-order valence-electron chi connectivity index (χ2n) is 5.30. The third-order valence-electron chi connectivity index (χ3n) is 3.81. The molecule has 2 rings (SSSR count). The number of ketones is 1. The van der Waals surface area contributed by atoms with Crippen molar-refractivity contribution in [2.75, 3.05) is 20.7 Å². The highest BCUT2D eigenvalue weighted by molar-refractivity contribution is 6.04. The molecular formula is C17H20N2O5. The van der Waals surface area contributed by atoms with Crippen LogP contribution in [0.2, 0.25) is 0 Å². The lowest BCUT2D eigenvalue weighted by molar-refractivity contribution is 0.0791. The number of Topliss-reactive ketones (excluding diaryl/α,β-unsaturated/α-hetero) is 1. The van der Waals surface area contributed by atoms with Crippen LogP contribution >= 0.6 is 0 Å². The first kappa shape index (κ1) is 17.4. The molecule has 24 heavy (non-hydrogen) atoms. The molecule has 1 aromatic heterocycles. The van der Waals surface area contributed by atoms with E-state index in [1.165, 1.54) is 23.5 Å². The van der Waals surface area contributed by atoms with E-state index in [9.17, 15) is 19.8 Å². The summed E-state index contributed by atoms with van der Waals surface area (Å²) in [6.45, 7) is 3.44. The van der Waals surface area contributed by atoms with Gasteiger partial charge in [0.05, 0.1) is 7.11 Å². The lowest BCUT2D eigenvalue weighted by atomic mass is 10.2. The standard InChI is InChI=1S/C17H20N2O5/c1-5-18(3)17(23)14-16(22)15(21)13(10(2)20)19(14)11-6-8-12(24-4)9-7-11/h6-9,21-22H,5H2,1-4H3. The molecule has 0 aliphatic carbocycles. The van der Waals surface area contributed by atoms with Crippen LogP contribution in [-0.2, 0) is 0 Å². The van der Waals surface area contributed by atoms with E-state index in [0.29, 0.717) is 18.0 Å². The molecule has 128 valence electrons. The molecule has 1 heterocycles. The third-order valence-corrected chi connectivity index (χ3v) is 3.81. The van der Waals surface area contributed by atoms with Gasteiger partial charge in [-0.1, -0.05) is 0 Å². The maximum absolute atomic E-state index is 12.6. The number of methoxy groups -OCH3 is 1. The zero-order valence-electron chi connectivity index (χ0n) is 14.0. The monoisotopic (exact) mass is 332 g/mol. The fourth-order valence-corrected chi connectivity index (χ4v) is 2.38. The van der Waals surface area contributed by atoms with E-state index in [0.717, 1.165) is 0 Å².